The van der Waals surface area contributed by atoms with Crippen molar-refractivity contribution in [3.8, 4) is 16.2 Å². The van der Waals surface area contributed by atoms with E-state index in [-0.39, 0.29) is 15.5 Å². The molecule has 4 aromatic rings. The highest BCUT2D eigenvalue weighted by Gasteiger charge is 2.16. The summed E-state index contributed by atoms with van der Waals surface area (Å²) < 4.78 is 0. The van der Waals surface area contributed by atoms with Gasteiger partial charge in [0.15, 0.2) is 0 Å². The fourth-order valence-electron chi connectivity index (χ4n) is 2.75. The molecule has 12 heteroatoms. The predicted octanol–water partition coefficient (Wildman–Crippen LogP) is 4.87. The molecule has 0 atom stereocenters. The number of nitrogens with one attached hydrogen (secondary N) is 1. The number of hydrogen-bond acceptors (Lipinski definition) is 8. The summed E-state index contributed by atoms with van der Waals surface area (Å²) in [6.07, 6.45) is 3.02. The quantitative estimate of drug-likeness (QED) is 0.201. The first kappa shape index (κ1) is 26.5. The van der Waals surface area contributed by atoms with Gasteiger partial charge in [-0.1, -0.05) is 23.7 Å². The first-order valence-electron chi connectivity index (χ1n) is 10.1. The summed E-state index contributed by atoms with van der Waals surface area (Å²) in [5.74, 6) is -1.97. The Morgan fingerprint density at radius 3 is 2.33 bits per heavy atom. The Kier molecular flexibility index (Phi) is 8.90. The van der Waals surface area contributed by atoms with Crippen molar-refractivity contribution in [1.29, 1.82) is 0 Å². The van der Waals surface area contributed by atoms with Crippen molar-refractivity contribution in [2.45, 2.75) is 6.92 Å². The fourth-order valence-corrected chi connectivity index (χ4v) is 4.62. The lowest BCUT2D eigenvalue weighted by Crippen LogP contribution is -2.18. The largest absolute Gasteiger partial charge is 0.506 e. The normalized spacial score (nSPS) is 10.8. The molecule has 0 unspecified atom stereocenters. The monoisotopic (exact) mass is 542 g/mol. The summed E-state index contributed by atoms with van der Waals surface area (Å²) in [6, 6.07) is 13.2. The molecule has 4 rings (SSSR count). The van der Waals surface area contributed by atoms with E-state index in [2.05, 4.69) is 15.5 Å². The van der Waals surface area contributed by atoms with Crippen LogP contribution in [0, 0.1) is 0 Å². The molecule has 0 aliphatic carbocycles. The van der Waals surface area contributed by atoms with Crippen molar-refractivity contribution in [2.24, 2.45) is 10.8 Å². The topological polar surface area (TPSA) is 155 Å². The zero-order chi connectivity index (χ0) is 26.2. The maximum atomic E-state index is 12.1. The second kappa shape index (κ2) is 12.1. The summed E-state index contributed by atoms with van der Waals surface area (Å²) in [5.41, 5.74) is 9.50. The Bertz CT molecular complexity index is 1420. The van der Waals surface area contributed by atoms with Gasteiger partial charge in [0.1, 0.15) is 10.6 Å². The number of hydrogen-bond donors (Lipinski definition) is 4. The highest BCUT2D eigenvalue weighted by molar-refractivity contribution is 7.15. The maximum Gasteiger partial charge on any atom is 0.345 e. The first-order chi connectivity index (χ1) is 17.2. The number of nitrogens with zero attached hydrogens (tertiary/aromatic N) is 2. The average Bonchev–Trinajstić information content (AvgIpc) is 3.51. The van der Waals surface area contributed by atoms with Crippen molar-refractivity contribution in [2.75, 3.05) is 0 Å². The van der Waals surface area contributed by atoms with Gasteiger partial charge in [0.25, 0.3) is 5.91 Å². The highest BCUT2D eigenvalue weighted by Crippen LogP contribution is 2.39. The number of thiophene rings is 2. The number of aromatic nitrogens is 1. The molecule has 2 amide bonds. The van der Waals surface area contributed by atoms with Crippen LogP contribution in [0.1, 0.15) is 42.2 Å². The zero-order valence-electron chi connectivity index (χ0n) is 18.6. The number of benzene rings is 1. The van der Waals surface area contributed by atoms with Crippen LogP contribution in [-0.2, 0) is 0 Å². The molecule has 0 aliphatic heterocycles. The molecule has 0 bridgehead atoms. The van der Waals surface area contributed by atoms with Crippen LogP contribution >= 0.6 is 34.3 Å². The average molecular weight is 543 g/mol. The van der Waals surface area contributed by atoms with E-state index in [1.807, 2.05) is 12.1 Å². The smallest absolute Gasteiger partial charge is 0.345 e. The van der Waals surface area contributed by atoms with Crippen LogP contribution in [-0.4, -0.2) is 38.7 Å². The van der Waals surface area contributed by atoms with Gasteiger partial charge < -0.3 is 15.9 Å². The summed E-state index contributed by atoms with van der Waals surface area (Å²) in [6.45, 7) is 1.66. The van der Waals surface area contributed by atoms with E-state index < -0.39 is 17.8 Å². The molecule has 0 radical (unpaired) electrons. The van der Waals surface area contributed by atoms with E-state index >= 15 is 0 Å². The van der Waals surface area contributed by atoms with Gasteiger partial charge in [0, 0.05) is 22.8 Å². The van der Waals surface area contributed by atoms with E-state index in [1.54, 1.807) is 42.8 Å². The number of amides is 2. The number of aromatic hydroxyl groups is 1. The van der Waals surface area contributed by atoms with E-state index in [4.69, 9.17) is 22.4 Å². The molecule has 9 nitrogen and oxygen atoms in total. The van der Waals surface area contributed by atoms with Crippen LogP contribution in [0.15, 0.2) is 71.4 Å². The van der Waals surface area contributed by atoms with Crippen molar-refractivity contribution in [1.82, 2.24) is 10.4 Å². The minimum absolute atomic E-state index is 0.0714. The molecule has 3 heterocycles. The van der Waals surface area contributed by atoms with Gasteiger partial charge in [0.05, 0.1) is 26.6 Å². The molecular formula is C24H19ClN4O5S2. The zero-order valence-corrected chi connectivity index (χ0v) is 21.0. The van der Waals surface area contributed by atoms with Crippen molar-refractivity contribution in [3.05, 3.63) is 92.2 Å². The summed E-state index contributed by atoms with van der Waals surface area (Å²) >= 11 is 8.10. The van der Waals surface area contributed by atoms with Gasteiger partial charge in [-0.15, -0.1) is 22.7 Å². The van der Waals surface area contributed by atoms with Gasteiger partial charge in [-0.3, -0.25) is 14.6 Å². The van der Waals surface area contributed by atoms with Gasteiger partial charge in [-0.05, 0) is 48.9 Å². The molecule has 0 aliphatic rings. The summed E-state index contributed by atoms with van der Waals surface area (Å²) in [7, 11) is 0. The number of aromatic carboxylic acids is 1. The van der Waals surface area contributed by atoms with Gasteiger partial charge in [-0.2, -0.15) is 5.10 Å². The number of rotatable bonds is 6. The van der Waals surface area contributed by atoms with Crippen LogP contribution in [0.5, 0.6) is 5.75 Å². The molecular weight excluding hydrogens is 524 g/mol. The van der Waals surface area contributed by atoms with Crippen LogP contribution in [0.2, 0.25) is 5.02 Å². The summed E-state index contributed by atoms with van der Waals surface area (Å²) in [5, 5.41) is 25.8. The minimum Gasteiger partial charge on any atom is -0.506 e. The van der Waals surface area contributed by atoms with E-state index in [9.17, 15) is 19.5 Å². The third-order valence-corrected chi connectivity index (χ3v) is 6.92. The molecule has 0 fully saturated rings. The Hall–Kier alpha value is -4.06. The van der Waals surface area contributed by atoms with Crippen molar-refractivity contribution in [3.63, 3.8) is 0 Å². The second-order valence-electron chi connectivity index (χ2n) is 7.05. The number of hydrazone groups is 1. The van der Waals surface area contributed by atoms with Crippen LogP contribution in [0.4, 0.5) is 0 Å². The molecule has 0 saturated heterocycles. The van der Waals surface area contributed by atoms with Crippen LogP contribution in [0.3, 0.4) is 0 Å². The predicted molar refractivity (Wildman–Crippen MR) is 140 cm³/mol. The number of primary amides is 1. The van der Waals surface area contributed by atoms with Crippen LogP contribution < -0.4 is 11.2 Å². The minimum atomic E-state index is -1.09. The first-order valence-corrected chi connectivity index (χ1v) is 12.2. The number of carboxylic acid groups (broad SMARTS) is 1. The molecule has 5 N–H and O–H groups in total. The standard InChI is InChI=1S/C18H13ClN2O4S2.C6H6N2O/c1-9(20-21-17(23)13-6-7-14(27-13)18(24)25)12-8-26-16(15(12)22)10-2-4-11(19)5-3-10;7-6(9)5-2-1-3-8-4-5/h2-8,22H,1H3,(H,21,23)(H,24,25);1-4H,(H2,7,9). The second-order valence-corrected chi connectivity index (χ2v) is 9.45. The van der Waals surface area contributed by atoms with E-state index in [0.29, 0.717) is 26.7 Å². The number of carbonyl (C=O) groups is 3. The molecule has 0 saturated carbocycles. The van der Waals surface area contributed by atoms with Crippen molar-refractivity contribution >= 4 is 57.8 Å². The lowest BCUT2D eigenvalue weighted by molar-refractivity contribution is 0.0701. The summed E-state index contributed by atoms with van der Waals surface area (Å²) in [4.78, 5) is 38.0. The van der Waals surface area contributed by atoms with Gasteiger partial charge in [-0.25, -0.2) is 10.2 Å². The van der Waals surface area contributed by atoms with Crippen LogP contribution in [0.25, 0.3) is 10.4 Å². The van der Waals surface area contributed by atoms with Gasteiger partial charge in [0.2, 0.25) is 5.91 Å². The number of nitrogens with two attached hydrogens (primary N) is 1. The Morgan fingerprint density at radius 2 is 1.78 bits per heavy atom. The third kappa shape index (κ3) is 6.75. The third-order valence-electron chi connectivity index (χ3n) is 4.57. The van der Waals surface area contributed by atoms with E-state index in [1.165, 1.54) is 29.7 Å². The molecule has 0 spiro atoms. The fraction of sp³-hybridized carbons (Fsp3) is 0.0417. The number of halogens is 1. The number of carbonyl (C=O) groups excluding carboxylic acids is 2. The number of carboxylic acids is 1. The van der Waals surface area contributed by atoms with Crippen molar-refractivity contribution < 1.29 is 24.6 Å². The van der Waals surface area contributed by atoms with Gasteiger partial charge >= 0.3 is 5.97 Å². The SMILES string of the molecule is CC(=NNC(=O)c1ccc(C(=O)O)s1)c1csc(-c2ccc(Cl)cc2)c1O.NC(=O)c1cccnc1. The highest BCUT2D eigenvalue weighted by atomic mass is 35.5. The lowest BCUT2D eigenvalue weighted by Gasteiger charge is -2.03. The molecule has 3 aromatic heterocycles. The Morgan fingerprint density at radius 1 is 1.08 bits per heavy atom. The molecule has 184 valence electrons. The Labute approximate surface area is 218 Å². The molecule has 36 heavy (non-hydrogen) atoms. The Balaban J connectivity index is 0.000000338. The number of pyridine rings is 1. The lowest BCUT2D eigenvalue weighted by atomic mass is 10.1. The molecule has 1 aromatic carbocycles. The maximum absolute atomic E-state index is 12.1. The van der Waals surface area contributed by atoms with E-state index in [0.717, 1.165) is 16.9 Å².